The minimum Gasteiger partial charge on any atom is -0.329 e. The molecule has 2 rings (SSSR count). The Kier molecular flexibility index (Phi) is 2.08. The summed E-state index contributed by atoms with van der Waals surface area (Å²) in [6.07, 6.45) is 1.48. The molecule has 0 atom stereocenters. The Morgan fingerprint density at radius 3 is 3.07 bits per heavy atom. The third-order valence-electron chi connectivity index (χ3n) is 1.56. The van der Waals surface area contributed by atoms with Gasteiger partial charge in [0.05, 0.1) is 6.33 Å². The molecule has 0 saturated heterocycles. The van der Waals surface area contributed by atoms with Crippen molar-refractivity contribution in [2.75, 3.05) is 5.32 Å². The summed E-state index contributed by atoms with van der Waals surface area (Å²) in [6, 6.07) is 0. The number of anilines is 1. The van der Waals surface area contributed by atoms with E-state index in [0.717, 1.165) is 0 Å². The molecule has 2 aromatic rings. The van der Waals surface area contributed by atoms with Gasteiger partial charge < -0.3 is 10.3 Å². The molecule has 1 amide bonds. The number of thiol groups is 1. The van der Waals surface area contributed by atoms with E-state index in [-0.39, 0.29) is 11.1 Å². The second-order valence-corrected chi connectivity index (χ2v) is 3.05. The third kappa shape index (κ3) is 1.53. The fraction of sp³-hybridized carbons (Fsp3) is 0.143. The summed E-state index contributed by atoms with van der Waals surface area (Å²) in [4.78, 5) is 25.6. The molecule has 7 heteroatoms. The summed E-state index contributed by atoms with van der Waals surface area (Å²) in [5.74, 6) is 0.162. The van der Waals surface area contributed by atoms with Crippen LogP contribution in [0, 0.1) is 0 Å². The van der Waals surface area contributed by atoms with E-state index < -0.39 is 0 Å². The molecule has 0 spiro atoms. The SMILES string of the molecule is CC(=O)Nc1nc(S)nc2[nH]cnc12. The van der Waals surface area contributed by atoms with Crippen LogP contribution < -0.4 is 5.32 Å². The molecular formula is C7H7N5OS. The zero-order valence-corrected chi connectivity index (χ0v) is 8.17. The molecule has 0 aliphatic heterocycles. The van der Waals surface area contributed by atoms with E-state index in [1.807, 2.05) is 0 Å². The van der Waals surface area contributed by atoms with Crippen LogP contribution >= 0.6 is 12.6 Å². The molecule has 72 valence electrons. The molecule has 0 radical (unpaired) electrons. The van der Waals surface area contributed by atoms with Gasteiger partial charge in [0.2, 0.25) is 5.91 Å². The van der Waals surface area contributed by atoms with Crippen LogP contribution in [-0.2, 0) is 4.79 Å². The van der Waals surface area contributed by atoms with Crippen LogP contribution in [0.5, 0.6) is 0 Å². The number of carbonyl (C=O) groups is 1. The second-order valence-electron chi connectivity index (χ2n) is 2.65. The van der Waals surface area contributed by atoms with E-state index in [4.69, 9.17) is 0 Å². The first-order valence-electron chi connectivity index (χ1n) is 3.84. The molecule has 0 fully saturated rings. The van der Waals surface area contributed by atoms with Crippen LogP contribution in [-0.4, -0.2) is 25.8 Å². The predicted octanol–water partition coefficient (Wildman–Crippen LogP) is 0.600. The zero-order chi connectivity index (χ0) is 10.1. The third-order valence-corrected chi connectivity index (χ3v) is 1.76. The number of amides is 1. The van der Waals surface area contributed by atoms with Crippen molar-refractivity contribution in [2.45, 2.75) is 12.1 Å². The van der Waals surface area contributed by atoms with E-state index in [1.165, 1.54) is 13.3 Å². The van der Waals surface area contributed by atoms with Crippen molar-refractivity contribution < 1.29 is 4.79 Å². The van der Waals surface area contributed by atoms with Gasteiger partial charge in [-0.25, -0.2) is 15.0 Å². The Morgan fingerprint density at radius 1 is 1.57 bits per heavy atom. The van der Waals surface area contributed by atoms with Crippen LogP contribution in [0.4, 0.5) is 5.82 Å². The van der Waals surface area contributed by atoms with Crippen molar-refractivity contribution in [1.29, 1.82) is 0 Å². The van der Waals surface area contributed by atoms with Crippen molar-refractivity contribution in [2.24, 2.45) is 0 Å². The van der Waals surface area contributed by atoms with Gasteiger partial charge in [-0.3, -0.25) is 4.79 Å². The monoisotopic (exact) mass is 209 g/mol. The van der Waals surface area contributed by atoms with E-state index >= 15 is 0 Å². The second kappa shape index (κ2) is 3.26. The molecule has 6 nitrogen and oxygen atoms in total. The highest BCUT2D eigenvalue weighted by atomic mass is 32.1. The number of rotatable bonds is 1. The van der Waals surface area contributed by atoms with Gasteiger partial charge in [0.25, 0.3) is 0 Å². The Morgan fingerprint density at radius 2 is 2.36 bits per heavy atom. The summed E-state index contributed by atoms with van der Waals surface area (Å²) < 4.78 is 0. The molecular weight excluding hydrogens is 202 g/mol. The first-order chi connectivity index (χ1) is 6.66. The maximum absolute atomic E-state index is 10.9. The summed E-state index contributed by atoms with van der Waals surface area (Å²) in [6.45, 7) is 1.40. The smallest absolute Gasteiger partial charge is 0.222 e. The van der Waals surface area contributed by atoms with Gasteiger partial charge in [-0.05, 0) is 0 Å². The van der Waals surface area contributed by atoms with Crippen LogP contribution in [0.25, 0.3) is 11.2 Å². The molecule has 2 N–H and O–H groups in total. The molecule has 2 heterocycles. The van der Waals surface area contributed by atoms with E-state index in [2.05, 4.69) is 37.9 Å². The largest absolute Gasteiger partial charge is 0.329 e. The molecule has 0 saturated carbocycles. The van der Waals surface area contributed by atoms with Gasteiger partial charge in [0.1, 0.15) is 0 Å². The number of aromatic amines is 1. The van der Waals surface area contributed by atoms with Crippen LogP contribution in [0.1, 0.15) is 6.92 Å². The highest BCUT2D eigenvalue weighted by Gasteiger charge is 2.08. The molecule has 0 bridgehead atoms. The summed E-state index contributed by atoms with van der Waals surface area (Å²) in [5.41, 5.74) is 1.08. The highest BCUT2D eigenvalue weighted by Crippen LogP contribution is 2.17. The lowest BCUT2D eigenvalue weighted by molar-refractivity contribution is -0.114. The number of imidazole rings is 1. The number of fused-ring (bicyclic) bond motifs is 1. The highest BCUT2D eigenvalue weighted by molar-refractivity contribution is 7.80. The number of hydrogen-bond acceptors (Lipinski definition) is 5. The number of nitrogens with zero attached hydrogens (tertiary/aromatic N) is 3. The molecule has 2 aromatic heterocycles. The van der Waals surface area contributed by atoms with Crippen molar-refractivity contribution >= 4 is 35.5 Å². The molecule has 14 heavy (non-hydrogen) atoms. The van der Waals surface area contributed by atoms with Crippen LogP contribution in [0.3, 0.4) is 0 Å². The Hall–Kier alpha value is -1.63. The summed E-state index contributed by atoms with van der Waals surface area (Å²) >= 11 is 4.01. The van der Waals surface area contributed by atoms with Gasteiger partial charge in [0, 0.05) is 6.92 Å². The normalized spacial score (nSPS) is 10.4. The standard InChI is InChI=1S/C7H7N5OS/c1-3(13)10-6-4-5(9-2-8-4)11-7(14)12-6/h2H,1H3,(H3,8,9,10,11,12,13,14). The number of H-pyrrole nitrogens is 1. The van der Waals surface area contributed by atoms with E-state index in [1.54, 1.807) is 0 Å². The van der Waals surface area contributed by atoms with Gasteiger partial charge >= 0.3 is 0 Å². The number of hydrogen-bond donors (Lipinski definition) is 3. The summed E-state index contributed by atoms with van der Waals surface area (Å²) in [5, 5.41) is 2.84. The minimum atomic E-state index is -0.208. The van der Waals surface area contributed by atoms with E-state index in [0.29, 0.717) is 17.0 Å². The molecule has 0 aliphatic rings. The Bertz CT molecular complexity index is 494. The Balaban J connectivity index is 2.60. The van der Waals surface area contributed by atoms with Gasteiger partial charge in [-0.1, -0.05) is 0 Å². The average molecular weight is 209 g/mol. The lowest BCUT2D eigenvalue weighted by atomic mass is 10.5. The van der Waals surface area contributed by atoms with Gasteiger partial charge in [-0.15, -0.1) is 12.6 Å². The maximum Gasteiger partial charge on any atom is 0.222 e. The van der Waals surface area contributed by atoms with Crippen LogP contribution in [0.2, 0.25) is 0 Å². The number of carbonyl (C=O) groups excluding carboxylic acids is 1. The first-order valence-corrected chi connectivity index (χ1v) is 4.29. The number of nitrogens with one attached hydrogen (secondary N) is 2. The maximum atomic E-state index is 10.9. The fourth-order valence-electron chi connectivity index (χ4n) is 1.08. The van der Waals surface area contributed by atoms with Crippen molar-refractivity contribution in [3.8, 4) is 0 Å². The fourth-order valence-corrected chi connectivity index (χ4v) is 1.28. The van der Waals surface area contributed by atoms with Crippen LogP contribution in [0.15, 0.2) is 11.5 Å². The first kappa shape index (κ1) is 8.95. The van der Waals surface area contributed by atoms with Crippen molar-refractivity contribution in [3.05, 3.63) is 6.33 Å². The van der Waals surface area contributed by atoms with Gasteiger partial charge in [-0.2, -0.15) is 0 Å². The quantitative estimate of drug-likeness (QED) is 0.474. The van der Waals surface area contributed by atoms with Crippen molar-refractivity contribution in [1.82, 2.24) is 19.9 Å². The average Bonchev–Trinajstić information content (AvgIpc) is 2.50. The zero-order valence-electron chi connectivity index (χ0n) is 7.27. The van der Waals surface area contributed by atoms with Gasteiger partial charge in [0.15, 0.2) is 22.1 Å². The molecule has 0 unspecified atom stereocenters. The number of aromatic nitrogens is 4. The van der Waals surface area contributed by atoms with Crippen molar-refractivity contribution in [3.63, 3.8) is 0 Å². The molecule has 0 aromatic carbocycles. The Labute approximate surface area is 84.6 Å². The lowest BCUT2D eigenvalue weighted by Gasteiger charge is -2.01. The summed E-state index contributed by atoms with van der Waals surface area (Å²) in [7, 11) is 0. The predicted molar refractivity (Wildman–Crippen MR) is 53.2 cm³/mol. The minimum absolute atomic E-state index is 0.208. The molecule has 0 aliphatic carbocycles. The lowest BCUT2D eigenvalue weighted by Crippen LogP contribution is -2.08. The topological polar surface area (TPSA) is 83.6 Å². The van der Waals surface area contributed by atoms with E-state index in [9.17, 15) is 4.79 Å².